The lowest BCUT2D eigenvalue weighted by atomic mass is 10.3. The van der Waals surface area contributed by atoms with Gasteiger partial charge >= 0.3 is 13.6 Å². The monoisotopic (exact) mass is 322 g/mol. The summed E-state index contributed by atoms with van der Waals surface area (Å²) in [6.45, 7) is 1.06. The molecule has 0 N–H and O–H groups in total. The number of hydrogen-bond acceptors (Lipinski definition) is 6. The van der Waals surface area contributed by atoms with Crippen LogP contribution in [0.2, 0.25) is 5.02 Å². The first-order valence-corrected chi connectivity index (χ1v) is 7.70. The van der Waals surface area contributed by atoms with Gasteiger partial charge in [0.2, 0.25) is 0 Å². The van der Waals surface area contributed by atoms with Crippen LogP contribution in [-0.2, 0) is 23.1 Å². The van der Waals surface area contributed by atoms with Crippen molar-refractivity contribution in [3.8, 4) is 5.75 Å². The van der Waals surface area contributed by atoms with E-state index in [1.54, 1.807) is 24.3 Å². The first-order valence-electron chi connectivity index (χ1n) is 5.71. The first-order chi connectivity index (χ1) is 9.42. The van der Waals surface area contributed by atoms with E-state index in [4.69, 9.17) is 30.1 Å². The molecule has 0 spiro atoms. The van der Waals surface area contributed by atoms with Crippen LogP contribution in [0.5, 0.6) is 5.75 Å². The molecule has 112 valence electrons. The maximum Gasteiger partial charge on any atom is 0.370 e. The van der Waals surface area contributed by atoms with E-state index in [-0.39, 0.29) is 6.61 Å². The van der Waals surface area contributed by atoms with Gasteiger partial charge in [-0.3, -0.25) is 4.57 Å². The summed E-state index contributed by atoms with van der Waals surface area (Å²) in [5.74, 6) is -1.37. The standard InChI is InChI=1S/C12H16ClO6P/c1-9(20(15,16-2)17-3)19-12(14)8-18-11-7-5-4-6-10(11)13/h4-7,9H,8H2,1-3H3/t9-/m0/s1. The van der Waals surface area contributed by atoms with Crippen LogP contribution in [0.3, 0.4) is 0 Å². The first kappa shape index (κ1) is 17.0. The van der Waals surface area contributed by atoms with Crippen molar-refractivity contribution >= 4 is 25.2 Å². The van der Waals surface area contributed by atoms with Crippen LogP contribution in [0.1, 0.15) is 6.92 Å². The Morgan fingerprint density at radius 1 is 1.30 bits per heavy atom. The molecule has 1 aromatic carbocycles. The van der Waals surface area contributed by atoms with E-state index in [9.17, 15) is 9.36 Å². The minimum Gasteiger partial charge on any atom is -0.480 e. The number of benzene rings is 1. The average Bonchev–Trinajstić information content (AvgIpc) is 2.45. The zero-order chi connectivity index (χ0) is 15.2. The lowest BCUT2D eigenvalue weighted by Gasteiger charge is -2.20. The highest BCUT2D eigenvalue weighted by Crippen LogP contribution is 2.51. The molecular formula is C12H16ClO6P. The number of halogens is 1. The van der Waals surface area contributed by atoms with Crippen LogP contribution in [0.15, 0.2) is 24.3 Å². The fraction of sp³-hybridized carbons (Fsp3) is 0.417. The Hall–Kier alpha value is -1.07. The highest BCUT2D eigenvalue weighted by atomic mass is 35.5. The van der Waals surface area contributed by atoms with Gasteiger partial charge in [-0.25, -0.2) is 4.79 Å². The summed E-state index contributed by atoms with van der Waals surface area (Å²) in [6, 6.07) is 6.71. The van der Waals surface area contributed by atoms with E-state index in [2.05, 4.69) is 0 Å². The van der Waals surface area contributed by atoms with E-state index < -0.39 is 19.4 Å². The van der Waals surface area contributed by atoms with Gasteiger partial charge in [-0.2, -0.15) is 0 Å². The Morgan fingerprint density at radius 2 is 1.90 bits per heavy atom. The molecule has 0 aromatic heterocycles. The predicted octanol–water partition coefficient (Wildman–Crippen LogP) is 3.09. The van der Waals surface area contributed by atoms with Crippen molar-refractivity contribution in [1.29, 1.82) is 0 Å². The van der Waals surface area contributed by atoms with Crippen LogP contribution >= 0.6 is 19.2 Å². The number of carbonyl (C=O) groups excluding carboxylic acids is 1. The Bertz CT molecular complexity index is 498. The topological polar surface area (TPSA) is 71.1 Å². The van der Waals surface area contributed by atoms with Gasteiger partial charge in [0, 0.05) is 14.2 Å². The Morgan fingerprint density at radius 3 is 2.45 bits per heavy atom. The molecule has 0 fully saturated rings. The van der Waals surface area contributed by atoms with E-state index in [1.807, 2.05) is 0 Å². The molecule has 20 heavy (non-hydrogen) atoms. The van der Waals surface area contributed by atoms with Gasteiger partial charge in [0.15, 0.2) is 12.5 Å². The zero-order valence-corrected chi connectivity index (χ0v) is 13.0. The van der Waals surface area contributed by atoms with Crippen molar-refractivity contribution in [2.75, 3.05) is 20.8 Å². The van der Waals surface area contributed by atoms with Gasteiger partial charge in [-0.1, -0.05) is 23.7 Å². The summed E-state index contributed by atoms with van der Waals surface area (Å²) in [5.41, 5.74) is 0. The molecule has 0 aliphatic carbocycles. The minimum absolute atomic E-state index is 0.360. The molecule has 0 saturated carbocycles. The molecule has 0 bridgehead atoms. The molecule has 1 aromatic rings. The second kappa shape index (κ2) is 7.64. The van der Waals surface area contributed by atoms with Crippen molar-refractivity contribution in [1.82, 2.24) is 0 Å². The van der Waals surface area contributed by atoms with Gasteiger partial charge in [0.25, 0.3) is 0 Å². The Kier molecular flexibility index (Phi) is 6.49. The van der Waals surface area contributed by atoms with Crippen molar-refractivity contribution in [3.63, 3.8) is 0 Å². The molecular weight excluding hydrogens is 307 g/mol. The van der Waals surface area contributed by atoms with Gasteiger partial charge in [-0.15, -0.1) is 0 Å². The van der Waals surface area contributed by atoms with E-state index >= 15 is 0 Å². The summed E-state index contributed by atoms with van der Waals surface area (Å²) in [7, 11) is -1.02. The molecule has 0 amide bonds. The van der Waals surface area contributed by atoms with Crippen molar-refractivity contribution in [2.24, 2.45) is 0 Å². The van der Waals surface area contributed by atoms with Gasteiger partial charge in [0.05, 0.1) is 5.02 Å². The van der Waals surface area contributed by atoms with Crippen LogP contribution in [0.25, 0.3) is 0 Å². The van der Waals surface area contributed by atoms with Crippen LogP contribution < -0.4 is 4.74 Å². The largest absolute Gasteiger partial charge is 0.480 e. The maximum absolute atomic E-state index is 11.9. The summed E-state index contributed by atoms with van der Waals surface area (Å²) in [5, 5.41) is 0.382. The molecule has 0 saturated heterocycles. The van der Waals surface area contributed by atoms with E-state index in [1.165, 1.54) is 21.1 Å². The van der Waals surface area contributed by atoms with Gasteiger partial charge in [0.1, 0.15) is 5.75 Å². The molecule has 1 atom stereocenters. The quantitative estimate of drug-likeness (QED) is 0.567. The van der Waals surface area contributed by atoms with Crippen LogP contribution in [0.4, 0.5) is 0 Å². The predicted molar refractivity (Wildman–Crippen MR) is 74.1 cm³/mol. The normalized spacial score (nSPS) is 12.8. The van der Waals surface area contributed by atoms with Gasteiger partial charge < -0.3 is 18.5 Å². The SMILES string of the molecule is COP(=O)(OC)[C@@H](C)OC(=O)COc1ccccc1Cl. The number of esters is 1. The minimum atomic E-state index is -3.46. The number of carbonyl (C=O) groups is 1. The molecule has 6 nitrogen and oxygen atoms in total. The summed E-state index contributed by atoms with van der Waals surface area (Å²) in [4.78, 5) is 11.6. The smallest absolute Gasteiger partial charge is 0.370 e. The fourth-order valence-corrected chi connectivity index (χ4v) is 2.54. The second-order valence-corrected chi connectivity index (χ2v) is 6.66. The zero-order valence-electron chi connectivity index (χ0n) is 11.4. The molecule has 0 aliphatic rings. The number of hydrogen-bond donors (Lipinski definition) is 0. The summed E-state index contributed by atoms with van der Waals surface area (Å²) < 4.78 is 31.5. The highest BCUT2D eigenvalue weighted by Gasteiger charge is 2.33. The van der Waals surface area contributed by atoms with Crippen LogP contribution in [0, 0.1) is 0 Å². The lowest BCUT2D eigenvalue weighted by molar-refractivity contribution is -0.148. The summed E-state index contributed by atoms with van der Waals surface area (Å²) in [6.07, 6.45) is 0. The molecule has 0 heterocycles. The van der Waals surface area contributed by atoms with E-state index in [0.717, 1.165) is 0 Å². The van der Waals surface area contributed by atoms with Crippen molar-refractivity contribution < 1.29 is 27.9 Å². The second-order valence-electron chi connectivity index (χ2n) is 3.71. The van der Waals surface area contributed by atoms with Crippen molar-refractivity contribution in [2.45, 2.75) is 12.8 Å². The maximum atomic E-state index is 11.9. The summed E-state index contributed by atoms with van der Waals surface area (Å²) >= 11 is 5.87. The number of rotatable bonds is 7. The molecule has 0 aliphatic heterocycles. The molecule has 8 heteroatoms. The third-order valence-electron chi connectivity index (χ3n) is 2.44. The third kappa shape index (κ3) is 4.49. The average molecular weight is 323 g/mol. The molecule has 1 rings (SSSR count). The molecule has 0 radical (unpaired) electrons. The van der Waals surface area contributed by atoms with Crippen molar-refractivity contribution in [3.05, 3.63) is 29.3 Å². The highest BCUT2D eigenvalue weighted by molar-refractivity contribution is 7.54. The Labute approximate surface area is 122 Å². The van der Waals surface area contributed by atoms with Gasteiger partial charge in [-0.05, 0) is 19.1 Å². The lowest BCUT2D eigenvalue weighted by Crippen LogP contribution is -2.21. The van der Waals surface area contributed by atoms with Crippen LogP contribution in [-0.4, -0.2) is 32.6 Å². The number of para-hydroxylation sites is 1. The molecule has 0 unspecified atom stereocenters. The fourth-order valence-electron chi connectivity index (χ4n) is 1.36. The van der Waals surface area contributed by atoms with E-state index in [0.29, 0.717) is 10.8 Å². The Balaban J connectivity index is 2.53. The number of ether oxygens (including phenoxy) is 2. The third-order valence-corrected chi connectivity index (χ3v) is 4.76.